The molecule has 2 aromatic heterocycles. The van der Waals surface area contributed by atoms with E-state index in [4.69, 9.17) is 0 Å². The zero-order chi connectivity index (χ0) is 14.3. The number of fused-ring (bicyclic) bond motifs is 1. The van der Waals surface area contributed by atoms with E-state index in [0.29, 0.717) is 11.7 Å². The highest BCUT2D eigenvalue weighted by Gasteiger charge is 2.29. The summed E-state index contributed by atoms with van der Waals surface area (Å²) < 4.78 is 1.06. The Bertz CT molecular complexity index is 604. The Morgan fingerprint density at radius 3 is 2.80 bits per heavy atom. The van der Waals surface area contributed by atoms with Crippen molar-refractivity contribution in [2.75, 3.05) is 0 Å². The van der Waals surface area contributed by atoms with E-state index in [-0.39, 0.29) is 5.91 Å². The molecule has 0 unspecified atom stereocenters. The first-order chi connectivity index (χ1) is 9.43. The fourth-order valence-electron chi connectivity index (χ4n) is 2.85. The van der Waals surface area contributed by atoms with Crippen LogP contribution in [0.1, 0.15) is 28.3 Å². The van der Waals surface area contributed by atoms with E-state index in [9.17, 15) is 4.79 Å². The number of hydrogen-bond acceptors (Lipinski definition) is 3. The minimum atomic E-state index is -0.952. The van der Waals surface area contributed by atoms with Crippen LogP contribution in [0.25, 0.3) is 10.3 Å². The van der Waals surface area contributed by atoms with Gasteiger partial charge in [0.2, 0.25) is 0 Å². The van der Waals surface area contributed by atoms with Gasteiger partial charge in [-0.3, -0.25) is 4.79 Å². The minimum absolute atomic E-state index is 0.0132. The molecule has 0 atom stereocenters. The summed E-state index contributed by atoms with van der Waals surface area (Å²) in [6, 6.07) is 4.90. The maximum atomic E-state index is 12.3. The molecule has 0 radical (unpaired) electrons. The molecule has 2 aromatic rings. The molecule has 0 saturated carbocycles. The monoisotopic (exact) mass is 307 g/mol. The van der Waals surface area contributed by atoms with Crippen molar-refractivity contribution < 1.29 is 4.79 Å². The van der Waals surface area contributed by atoms with Crippen LogP contribution in [0.15, 0.2) is 6.07 Å². The van der Waals surface area contributed by atoms with Crippen molar-refractivity contribution in [2.24, 2.45) is 0 Å². The molecular weight excluding hydrogens is 286 g/mol. The number of rotatable bonds is 2. The first kappa shape index (κ1) is 13.8. The zero-order valence-corrected chi connectivity index (χ0v) is 14.1. The molecule has 3 heterocycles. The van der Waals surface area contributed by atoms with Gasteiger partial charge in [0, 0.05) is 14.1 Å². The fourth-order valence-corrected chi connectivity index (χ4v) is 6.19. The van der Waals surface area contributed by atoms with Crippen molar-refractivity contribution in [1.82, 2.24) is 15.3 Å². The summed E-state index contributed by atoms with van der Waals surface area (Å²) in [7, 11) is -0.952. The Labute approximate surface area is 124 Å². The zero-order valence-electron chi connectivity index (χ0n) is 12.2. The Hall–Kier alpha value is -1.14. The standard InChI is InChI=1S/C14H21N3OSSi/c1-9-15-13-12(19-9)8-11(17-13)14(18)16-10-4-6-20(2,3)7-5-10/h8,10,17H,4-7H2,1-3H3,(H,16,18). The lowest BCUT2D eigenvalue weighted by Gasteiger charge is -2.33. The van der Waals surface area contributed by atoms with E-state index in [1.807, 2.05) is 13.0 Å². The third-order valence-electron chi connectivity index (χ3n) is 4.21. The molecule has 0 aromatic carbocycles. The van der Waals surface area contributed by atoms with Crippen LogP contribution in [-0.4, -0.2) is 30.0 Å². The summed E-state index contributed by atoms with van der Waals surface area (Å²) in [4.78, 5) is 19.8. The lowest BCUT2D eigenvalue weighted by molar-refractivity contribution is 0.0929. The number of aromatic nitrogens is 2. The van der Waals surface area contributed by atoms with E-state index in [1.54, 1.807) is 11.3 Å². The molecule has 1 fully saturated rings. The predicted octanol–water partition coefficient (Wildman–Crippen LogP) is 3.53. The van der Waals surface area contributed by atoms with Gasteiger partial charge in [0.1, 0.15) is 11.3 Å². The van der Waals surface area contributed by atoms with Gasteiger partial charge in [-0.15, -0.1) is 11.3 Å². The minimum Gasteiger partial charge on any atom is -0.348 e. The number of aryl methyl sites for hydroxylation is 1. The highest BCUT2D eigenvalue weighted by atomic mass is 32.1. The van der Waals surface area contributed by atoms with Gasteiger partial charge in [-0.05, 0) is 25.8 Å². The van der Waals surface area contributed by atoms with Crippen molar-refractivity contribution >= 4 is 35.7 Å². The van der Waals surface area contributed by atoms with Gasteiger partial charge < -0.3 is 10.3 Å². The van der Waals surface area contributed by atoms with Crippen LogP contribution in [0.2, 0.25) is 25.2 Å². The summed E-state index contributed by atoms with van der Waals surface area (Å²) in [5.41, 5.74) is 1.47. The Morgan fingerprint density at radius 1 is 1.45 bits per heavy atom. The van der Waals surface area contributed by atoms with Gasteiger partial charge in [0.05, 0.1) is 9.71 Å². The summed E-state index contributed by atoms with van der Waals surface area (Å²) >= 11 is 1.62. The van der Waals surface area contributed by atoms with Gasteiger partial charge in [0.15, 0.2) is 0 Å². The van der Waals surface area contributed by atoms with Crippen molar-refractivity contribution in [1.29, 1.82) is 0 Å². The molecule has 1 aliphatic heterocycles. The number of aromatic amines is 1. The molecule has 1 saturated heterocycles. The van der Waals surface area contributed by atoms with Crippen molar-refractivity contribution in [3.63, 3.8) is 0 Å². The summed E-state index contributed by atoms with van der Waals surface area (Å²) in [5, 5.41) is 4.19. The Morgan fingerprint density at radius 2 is 2.15 bits per heavy atom. The Kier molecular flexibility index (Phi) is 3.46. The molecule has 20 heavy (non-hydrogen) atoms. The largest absolute Gasteiger partial charge is 0.348 e. The number of H-pyrrole nitrogens is 1. The van der Waals surface area contributed by atoms with Crippen molar-refractivity contribution in [2.45, 2.75) is 51.0 Å². The molecule has 6 heteroatoms. The SMILES string of the molecule is Cc1nc2[nH]c(C(=O)NC3CC[Si](C)(C)CC3)cc2s1. The quantitative estimate of drug-likeness (QED) is 0.834. The fraction of sp³-hybridized carbons (Fsp3) is 0.571. The third kappa shape index (κ3) is 2.81. The second-order valence-electron chi connectivity index (χ2n) is 6.54. The average Bonchev–Trinajstić information content (AvgIpc) is 2.89. The molecule has 108 valence electrons. The summed E-state index contributed by atoms with van der Waals surface area (Å²) in [5.74, 6) is 0.0132. The molecule has 0 aliphatic carbocycles. The molecule has 4 nitrogen and oxygen atoms in total. The number of carbonyl (C=O) groups is 1. The highest BCUT2D eigenvalue weighted by Crippen LogP contribution is 2.28. The average molecular weight is 307 g/mol. The number of carbonyl (C=O) groups excluding carboxylic acids is 1. The predicted molar refractivity (Wildman–Crippen MR) is 86.3 cm³/mol. The van der Waals surface area contributed by atoms with Crippen LogP contribution in [0, 0.1) is 6.92 Å². The first-order valence-corrected chi connectivity index (χ1v) is 11.4. The van der Waals surface area contributed by atoms with Crippen LogP contribution in [0.3, 0.4) is 0 Å². The number of thiazole rings is 1. The topological polar surface area (TPSA) is 57.8 Å². The molecule has 2 N–H and O–H groups in total. The molecule has 1 aliphatic rings. The second-order valence-corrected chi connectivity index (χ2v) is 13.1. The maximum absolute atomic E-state index is 12.3. The van der Waals surface area contributed by atoms with Gasteiger partial charge >= 0.3 is 0 Å². The summed E-state index contributed by atoms with van der Waals surface area (Å²) in [6.45, 7) is 6.86. The van der Waals surface area contributed by atoms with Crippen molar-refractivity contribution in [3.8, 4) is 0 Å². The van der Waals surface area contributed by atoms with E-state index in [2.05, 4.69) is 28.4 Å². The van der Waals surface area contributed by atoms with Gasteiger partial charge in [-0.2, -0.15) is 0 Å². The van der Waals surface area contributed by atoms with Crippen LogP contribution in [0.4, 0.5) is 0 Å². The second kappa shape index (κ2) is 5.00. The molecule has 0 spiro atoms. The molecule has 1 amide bonds. The molecule has 3 rings (SSSR count). The van der Waals surface area contributed by atoms with Crippen LogP contribution in [0.5, 0.6) is 0 Å². The van der Waals surface area contributed by atoms with E-state index < -0.39 is 8.07 Å². The lowest BCUT2D eigenvalue weighted by atomic mass is 10.1. The Balaban J connectivity index is 1.65. The number of hydrogen-bond donors (Lipinski definition) is 2. The van der Waals surface area contributed by atoms with Gasteiger partial charge in [-0.25, -0.2) is 4.98 Å². The van der Waals surface area contributed by atoms with Crippen LogP contribution in [-0.2, 0) is 0 Å². The number of amides is 1. The van der Waals surface area contributed by atoms with Crippen LogP contribution >= 0.6 is 11.3 Å². The first-order valence-electron chi connectivity index (χ1n) is 7.20. The molecule has 0 bridgehead atoms. The van der Waals surface area contributed by atoms with Gasteiger partial charge in [-0.1, -0.05) is 25.2 Å². The van der Waals surface area contributed by atoms with Crippen molar-refractivity contribution in [3.05, 3.63) is 16.8 Å². The smallest absolute Gasteiger partial charge is 0.268 e. The van der Waals surface area contributed by atoms with E-state index in [1.165, 1.54) is 12.1 Å². The maximum Gasteiger partial charge on any atom is 0.268 e. The normalized spacial score (nSPS) is 19.4. The number of nitrogens with zero attached hydrogens (tertiary/aromatic N) is 1. The summed E-state index contributed by atoms with van der Waals surface area (Å²) in [6.07, 6.45) is 2.27. The van der Waals surface area contributed by atoms with E-state index >= 15 is 0 Å². The highest BCUT2D eigenvalue weighted by molar-refractivity contribution is 7.18. The third-order valence-corrected chi connectivity index (χ3v) is 8.41. The van der Waals surface area contributed by atoms with Crippen LogP contribution < -0.4 is 5.32 Å². The lowest BCUT2D eigenvalue weighted by Crippen LogP contribution is -2.42. The number of nitrogens with one attached hydrogen (secondary N) is 2. The van der Waals surface area contributed by atoms with Gasteiger partial charge in [0.25, 0.3) is 5.91 Å². The van der Waals surface area contributed by atoms with E-state index in [0.717, 1.165) is 28.2 Å². The molecular formula is C14H21N3OSSi.